The van der Waals surface area contributed by atoms with Gasteiger partial charge in [-0.05, 0) is 5.92 Å². The predicted molar refractivity (Wildman–Crippen MR) is 63.4 cm³/mol. The standard InChI is InChI=1S/C9H13NO3S2/c1-5(2)4-14-9-10-8(13)6(15-9)3-7(11)12/h5-6H,3-4H2,1-2H3,(H,11,12)/t6-/m1/s1. The molecular formula is C9H13NO3S2. The average molecular weight is 247 g/mol. The molecular weight excluding hydrogens is 234 g/mol. The third-order valence-electron chi connectivity index (χ3n) is 1.62. The van der Waals surface area contributed by atoms with Crippen molar-refractivity contribution in [2.45, 2.75) is 25.5 Å². The van der Waals surface area contributed by atoms with Crippen LogP contribution in [0.5, 0.6) is 0 Å². The average Bonchev–Trinajstić information content (AvgIpc) is 2.43. The first-order valence-electron chi connectivity index (χ1n) is 4.63. The van der Waals surface area contributed by atoms with Gasteiger partial charge in [0.1, 0.15) is 9.63 Å². The fraction of sp³-hybridized carbons (Fsp3) is 0.667. The van der Waals surface area contributed by atoms with E-state index in [0.29, 0.717) is 10.3 Å². The minimum Gasteiger partial charge on any atom is -0.481 e. The highest BCUT2D eigenvalue weighted by Crippen LogP contribution is 2.31. The van der Waals surface area contributed by atoms with Crippen molar-refractivity contribution >= 4 is 39.8 Å². The molecule has 1 N–H and O–H groups in total. The lowest BCUT2D eigenvalue weighted by atomic mass is 10.3. The normalized spacial score (nSPS) is 20.9. The van der Waals surface area contributed by atoms with E-state index in [2.05, 4.69) is 18.8 Å². The molecule has 1 heterocycles. The number of thioether (sulfide) groups is 2. The molecule has 1 atom stereocenters. The van der Waals surface area contributed by atoms with Crippen LogP contribution in [0.15, 0.2) is 4.99 Å². The van der Waals surface area contributed by atoms with Gasteiger partial charge < -0.3 is 5.11 Å². The zero-order valence-corrected chi connectivity index (χ0v) is 10.2. The van der Waals surface area contributed by atoms with Gasteiger partial charge in [-0.2, -0.15) is 4.99 Å². The second-order valence-electron chi connectivity index (χ2n) is 3.63. The minimum absolute atomic E-state index is 0.140. The molecule has 0 bridgehead atoms. The van der Waals surface area contributed by atoms with Gasteiger partial charge in [-0.1, -0.05) is 37.4 Å². The van der Waals surface area contributed by atoms with Crippen LogP contribution in [0, 0.1) is 5.92 Å². The molecule has 1 aliphatic rings. The van der Waals surface area contributed by atoms with Crippen LogP contribution in [-0.2, 0) is 9.59 Å². The van der Waals surface area contributed by atoms with Crippen LogP contribution in [0.4, 0.5) is 0 Å². The van der Waals surface area contributed by atoms with E-state index >= 15 is 0 Å². The van der Waals surface area contributed by atoms with Crippen molar-refractivity contribution in [3.63, 3.8) is 0 Å². The first kappa shape index (κ1) is 12.6. The van der Waals surface area contributed by atoms with Crippen molar-refractivity contribution in [3.05, 3.63) is 0 Å². The molecule has 4 nitrogen and oxygen atoms in total. The van der Waals surface area contributed by atoms with Crippen LogP contribution >= 0.6 is 23.5 Å². The summed E-state index contributed by atoms with van der Waals surface area (Å²) < 4.78 is 0.708. The topological polar surface area (TPSA) is 66.7 Å². The molecule has 84 valence electrons. The predicted octanol–water partition coefficient (Wildman–Crippen LogP) is 1.85. The smallest absolute Gasteiger partial charge is 0.305 e. The van der Waals surface area contributed by atoms with Gasteiger partial charge >= 0.3 is 5.97 Å². The number of aliphatic carboxylic acids is 1. The largest absolute Gasteiger partial charge is 0.481 e. The second kappa shape index (κ2) is 5.55. The molecule has 0 saturated heterocycles. The molecule has 0 aromatic heterocycles. The lowest BCUT2D eigenvalue weighted by Gasteiger charge is -2.04. The summed E-state index contributed by atoms with van der Waals surface area (Å²) >= 11 is 2.80. The number of carbonyl (C=O) groups excluding carboxylic acids is 1. The number of nitrogens with zero attached hydrogens (tertiary/aromatic N) is 1. The first-order valence-corrected chi connectivity index (χ1v) is 6.49. The Morgan fingerprint density at radius 1 is 1.67 bits per heavy atom. The number of carbonyl (C=O) groups is 2. The highest BCUT2D eigenvalue weighted by Gasteiger charge is 2.30. The van der Waals surface area contributed by atoms with Gasteiger partial charge in [-0.25, -0.2) is 0 Å². The summed E-state index contributed by atoms with van der Waals surface area (Å²) in [5.41, 5.74) is 0. The molecule has 0 spiro atoms. The van der Waals surface area contributed by atoms with E-state index in [0.717, 1.165) is 5.75 Å². The van der Waals surface area contributed by atoms with E-state index in [4.69, 9.17) is 5.11 Å². The molecule has 1 aliphatic heterocycles. The Hall–Kier alpha value is -0.490. The molecule has 0 radical (unpaired) electrons. The Bertz CT molecular complexity index is 302. The molecule has 1 amide bonds. The summed E-state index contributed by atoms with van der Waals surface area (Å²) in [5, 5.41) is 8.06. The fourth-order valence-electron chi connectivity index (χ4n) is 0.952. The summed E-state index contributed by atoms with van der Waals surface area (Å²) in [4.78, 5) is 25.6. The van der Waals surface area contributed by atoms with E-state index in [1.807, 2.05) is 0 Å². The Morgan fingerprint density at radius 3 is 2.87 bits per heavy atom. The van der Waals surface area contributed by atoms with Gasteiger partial charge in [0.15, 0.2) is 0 Å². The summed E-state index contributed by atoms with van der Waals surface area (Å²) in [6.45, 7) is 4.17. The van der Waals surface area contributed by atoms with E-state index in [1.54, 1.807) is 0 Å². The van der Waals surface area contributed by atoms with Crippen molar-refractivity contribution < 1.29 is 14.7 Å². The fourth-order valence-corrected chi connectivity index (χ4v) is 3.17. The minimum atomic E-state index is -0.953. The molecule has 0 aromatic rings. The molecule has 1 rings (SSSR count). The van der Waals surface area contributed by atoms with Crippen LogP contribution in [0.25, 0.3) is 0 Å². The number of carboxylic acid groups (broad SMARTS) is 1. The molecule has 6 heteroatoms. The lowest BCUT2D eigenvalue weighted by molar-refractivity contribution is -0.138. The highest BCUT2D eigenvalue weighted by atomic mass is 32.2. The summed E-state index contributed by atoms with van der Waals surface area (Å²) in [7, 11) is 0. The van der Waals surface area contributed by atoms with E-state index in [-0.39, 0.29) is 12.3 Å². The summed E-state index contributed by atoms with van der Waals surface area (Å²) in [5.74, 6) is 0.172. The van der Waals surface area contributed by atoms with Crippen LogP contribution in [0.3, 0.4) is 0 Å². The molecule has 0 aliphatic carbocycles. The highest BCUT2D eigenvalue weighted by molar-refractivity contribution is 8.39. The Balaban J connectivity index is 2.42. The van der Waals surface area contributed by atoms with Crippen LogP contribution < -0.4 is 0 Å². The van der Waals surface area contributed by atoms with Gasteiger partial charge in [-0.15, -0.1) is 0 Å². The Labute approximate surface area is 96.9 Å². The van der Waals surface area contributed by atoms with Crippen molar-refractivity contribution in [1.82, 2.24) is 0 Å². The number of amides is 1. The zero-order valence-electron chi connectivity index (χ0n) is 8.60. The molecule has 0 fully saturated rings. The zero-order chi connectivity index (χ0) is 11.4. The number of carboxylic acids is 1. The van der Waals surface area contributed by atoms with Gasteiger partial charge in [-0.3, -0.25) is 9.59 Å². The van der Waals surface area contributed by atoms with Crippen molar-refractivity contribution in [2.24, 2.45) is 10.9 Å². The number of hydrogen-bond donors (Lipinski definition) is 1. The first-order chi connectivity index (χ1) is 6.99. The summed E-state index contributed by atoms with van der Waals surface area (Å²) in [6, 6.07) is 0. The monoisotopic (exact) mass is 247 g/mol. The molecule has 15 heavy (non-hydrogen) atoms. The van der Waals surface area contributed by atoms with Gasteiger partial charge in [0, 0.05) is 5.75 Å². The van der Waals surface area contributed by atoms with Crippen LogP contribution in [0.2, 0.25) is 0 Å². The molecule has 0 aromatic carbocycles. The second-order valence-corrected chi connectivity index (χ2v) is 6.08. The Kier molecular flexibility index (Phi) is 4.66. The van der Waals surface area contributed by atoms with E-state index < -0.39 is 11.2 Å². The maximum atomic E-state index is 11.3. The van der Waals surface area contributed by atoms with Crippen LogP contribution in [-0.4, -0.2) is 32.4 Å². The maximum absolute atomic E-state index is 11.3. The lowest BCUT2D eigenvalue weighted by Crippen LogP contribution is -2.15. The van der Waals surface area contributed by atoms with E-state index in [1.165, 1.54) is 23.5 Å². The Morgan fingerprint density at radius 2 is 2.33 bits per heavy atom. The van der Waals surface area contributed by atoms with Crippen molar-refractivity contribution in [1.29, 1.82) is 0 Å². The van der Waals surface area contributed by atoms with Gasteiger partial charge in [0.25, 0.3) is 5.91 Å². The molecule has 0 saturated carbocycles. The third-order valence-corrected chi connectivity index (χ3v) is 4.38. The van der Waals surface area contributed by atoms with Crippen molar-refractivity contribution in [2.75, 3.05) is 5.75 Å². The van der Waals surface area contributed by atoms with Crippen LogP contribution in [0.1, 0.15) is 20.3 Å². The van der Waals surface area contributed by atoms with Gasteiger partial charge in [0.2, 0.25) is 0 Å². The molecule has 0 unspecified atom stereocenters. The number of hydrogen-bond acceptors (Lipinski definition) is 4. The van der Waals surface area contributed by atoms with Gasteiger partial charge in [0.05, 0.1) is 6.42 Å². The quantitative estimate of drug-likeness (QED) is 0.821. The number of aliphatic imine (C=N–C) groups is 1. The summed E-state index contributed by atoms with van der Waals surface area (Å²) in [6.07, 6.45) is -0.140. The van der Waals surface area contributed by atoms with E-state index in [9.17, 15) is 9.59 Å². The third kappa shape index (κ3) is 4.25. The van der Waals surface area contributed by atoms with Crippen molar-refractivity contribution in [3.8, 4) is 0 Å². The maximum Gasteiger partial charge on any atom is 0.305 e. The number of rotatable bonds is 4. The SMILES string of the molecule is CC(C)CSC1=NC(=O)[C@@H](CC(=O)O)S1.